The number of hydrogen-bond acceptors (Lipinski definition) is 2. The largest absolute Gasteiger partial charge is 0.494 e. The summed E-state index contributed by atoms with van der Waals surface area (Å²) in [5.41, 5.74) is 1.28. The Kier molecular flexibility index (Phi) is 4.52. The van der Waals surface area contributed by atoms with Crippen LogP contribution in [0.4, 0.5) is 4.39 Å². The quantitative estimate of drug-likeness (QED) is 0.604. The first-order valence-corrected chi connectivity index (χ1v) is 6.79. The second kappa shape index (κ2) is 6.14. The molecule has 0 fully saturated rings. The Bertz CT molecular complexity index is 594. The van der Waals surface area contributed by atoms with Crippen molar-refractivity contribution in [2.24, 2.45) is 0 Å². The second-order valence-corrected chi connectivity index (χ2v) is 5.32. The summed E-state index contributed by atoms with van der Waals surface area (Å²) in [6, 6.07) is 12.0. The van der Waals surface area contributed by atoms with Crippen LogP contribution >= 0.6 is 22.6 Å². The Labute approximate surface area is 124 Å². The molecule has 0 radical (unpaired) electrons. The van der Waals surface area contributed by atoms with Gasteiger partial charge in [0.1, 0.15) is 0 Å². The molecule has 19 heavy (non-hydrogen) atoms. The number of ether oxygens (including phenoxy) is 1. The van der Waals surface area contributed by atoms with Gasteiger partial charge in [-0.05, 0) is 58.5 Å². The van der Waals surface area contributed by atoms with Crippen molar-refractivity contribution in [3.8, 4) is 5.75 Å². The number of carbonyl (C=O) groups excluding carboxylic acids is 1. The first kappa shape index (κ1) is 14.0. The minimum absolute atomic E-state index is 0.109. The highest BCUT2D eigenvalue weighted by Gasteiger charge is 2.10. The summed E-state index contributed by atoms with van der Waals surface area (Å²) in [5, 5.41) is 0. The minimum atomic E-state index is -0.518. The summed E-state index contributed by atoms with van der Waals surface area (Å²) in [6.07, 6.45) is 0.267. The van der Waals surface area contributed by atoms with Crippen molar-refractivity contribution in [3.05, 3.63) is 63.0 Å². The SMILES string of the molecule is COc1ccc(C(=O)Cc2ccc(I)cc2)cc1F. The van der Waals surface area contributed by atoms with E-state index in [1.54, 1.807) is 6.07 Å². The predicted octanol–water partition coefficient (Wildman–Crippen LogP) is 3.86. The number of ketones is 1. The molecule has 2 nitrogen and oxygen atoms in total. The zero-order chi connectivity index (χ0) is 13.8. The van der Waals surface area contributed by atoms with Crippen molar-refractivity contribution in [3.63, 3.8) is 0 Å². The second-order valence-electron chi connectivity index (χ2n) is 4.08. The van der Waals surface area contributed by atoms with Gasteiger partial charge in [-0.2, -0.15) is 0 Å². The lowest BCUT2D eigenvalue weighted by atomic mass is 10.0. The first-order chi connectivity index (χ1) is 9.10. The van der Waals surface area contributed by atoms with E-state index in [-0.39, 0.29) is 18.0 Å². The van der Waals surface area contributed by atoms with Crippen LogP contribution in [-0.4, -0.2) is 12.9 Å². The lowest BCUT2D eigenvalue weighted by Crippen LogP contribution is -2.04. The third-order valence-electron chi connectivity index (χ3n) is 2.75. The zero-order valence-corrected chi connectivity index (χ0v) is 12.5. The average molecular weight is 370 g/mol. The molecule has 98 valence electrons. The number of methoxy groups -OCH3 is 1. The van der Waals surface area contributed by atoms with Gasteiger partial charge in [-0.3, -0.25) is 4.79 Å². The number of carbonyl (C=O) groups is 1. The molecule has 0 saturated carbocycles. The molecule has 0 N–H and O–H groups in total. The normalized spacial score (nSPS) is 10.3. The lowest BCUT2D eigenvalue weighted by Gasteiger charge is -2.05. The molecule has 4 heteroatoms. The molecular weight excluding hydrogens is 358 g/mol. The molecule has 0 amide bonds. The maximum atomic E-state index is 13.5. The van der Waals surface area contributed by atoms with Gasteiger partial charge in [0.2, 0.25) is 0 Å². The van der Waals surface area contributed by atoms with E-state index < -0.39 is 5.82 Å². The minimum Gasteiger partial charge on any atom is -0.494 e. The molecule has 2 aromatic carbocycles. The fourth-order valence-corrected chi connectivity index (χ4v) is 2.09. The van der Waals surface area contributed by atoms with Crippen LogP contribution in [0.5, 0.6) is 5.75 Å². The van der Waals surface area contributed by atoms with E-state index in [0.717, 1.165) is 9.13 Å². The van der Waals surface area contributed by atoms with Gasteiger partial charge in [-0.15, -0.1) is 0 Å². The van der Waals surface area contributed by atoms with E-state index in [1.807, 2.05) is 24.3 Å². The van der Waals surface area contributed by atoms with Gasteiger partial charge in [0, 0.05) is 15.6 Å². The summed E-state index contributed by atoms with van der Waals surface area (Å²) in [7, 11) is 1.39. The van der Waals surface area contributed by atoms with Crippen LogP contribution in [0.1, 0.15) is 15.9 Å². The Morgan fingerprint density at radius 2 is 1.89 bits per heavy atom. The van der Waals surface area contributed by atoms with Crippen molar-refractivity contribution in [2.75, 3.05) is 7.11 Å². The van der Waals surface area contributed by atoms with Gasteiger partial charge in [0.25, 0.3) is 0 Å². The monoisotopic (exact) mass is 370 g/mol. The number of hydrogen-bond donors (Lipinski definition) is 0. The lowest BCUT2D eigenvalue weighted by molar-refractivity contribution is 0.0992. The Balaban J connectivity index is 2.16. The topological polar surface area (TPSA) is 26.3 Å². The van der Waals surface area contributed by atoms with Crippen LogP contribution in [0.2, 0.25) is 0 Å². The molecule has 2 aromatic rings. The van der Waals surface area contributed by atoms with Crippen molar-refractivity contribution < 1.29 is 13.9 Å². The first-order valence-electron chi connectivity index (χ1n) is 5.71. The molecule has 0 unspecified atom stereocenters. The van der Waals surface area contributed by atoms with Gasteiger partial charge in [0.15, 0.2) is 17.3 Å². The summed E-state index contributed by atoms with van der Waals surface area (Å²) in [4.78, 5) is 12.0. The number of rotatable bonds is 4. The van der Waals surface area contributed by atoms with Crippen LogP contribution < -0.4 is 4.74 Å². The van der Waals surface area contributed by atoms with Crippen molar-refractivity contribution in [2.45, 2.75) is 6.42 Å². The molecule has 2 rings (SSSR count). The fraction of sp³-hybridized carbons (Fsp3) is 0.133. The molecule has 0 aliphatic carbocycles. The predicted molar refractivity (Wildman–Crippen MR) is 80.1 cm³/mol. The molecule has 0 atom stereocenters. The van der Waals surface area contributed by atoms with Gasteiger partial charge < -0.3 is 4.74 Å². The molecular formula is C15H12FIO2. The molecule has 0 aliphatic heterocycles. The van der Waals surface area contributed by atoms with E-state index in [9.17, 15) is 9.18 Å². The Morgan fingerprint density at radius 3 is 2.47 bits per heavy atom. The highest BCUT2D eigenvalue weighted by atomic mass is 127. The third kappa shape index (κ3) is 3.53. The maximum Gasteiger partial charge on any atom is 0.167 e. The van der Waals surface area contributed by atoms with Crippen LogP contribution in [0.25, 0.3) is 0 Å². The third-order valence-corrected chi connectivity index (χ3v) is 3.47. The molecule has 0 spiro atoms. The number of halogens is 2. The van der Waals surface area contributed by atoms with Crippen molar-refractivity contribution in [1.82, 2.24) is 0 Å². The van der Waals surface area contributed by atoms with Crippen molar-refractivity contribution in [1.29, 1.82) is 0 Å². The van der Waals surface area contributed by atoms with Gasteiger partial charge in [-0.1, -0.05) is 12.1 Å². The molecule has 0 aromatic heterocycles. The highest BCUT2D eigenvalue weighted by molar-refractivity contribution is 14.1. The van der Waals surface area contributed by atoms with Crippen molar-refractivity contribution >= 4 is 28.4 Å². The number of benzene rings is 2. The van der Waals surface area contributed by atoms with E-state index >= 15 is 0 Å². The Hall–Kier alpha value is -1.43. The zero-order valence-electron chi connectivity index (χ0n) is 10.3. The summed E-state index contributed by atoms with van der Waals surface area (Å²) in [6.45, 7) is 0. The van der Waals surface area contributed by atoms with E-state index in [4.69, 9.17) is 4.74 Å². The maximum absolute atomic E-state index is 13.5. The van der Waals surface area contributed by atoms with Gasteiger partial charge in [-0.25, -0.2) is 4.39 Å². The van der Waals surface area contributed by atoms with Gasteiger partial charge in [0.05, 0.1) is 7.11 Å². The smallest absolute Gasteiger partial charge is 0.167 e. The summed E-state index contributed by atoms with van der Waals surface area (Å²) in [5.74, 6) is -0.482. The summed E-state index contributed by atoms with van der Waals surface area (Å²) >= 11 is 2.21. The van der Waals surface area contributed by atoms with E-state index in [2.05, 4.69) is 22.6 Å². The van der Waals surface area contributed by atoms with Crippen LogP contribution in [0, 0.1) is 9.39 Å². The Morgan fingerprint density at radius 1 is 1.21 bits per heavy atom. The van der Waals surface area contributed by atoms with Gasteiger partial charge >= 0.3 is 0 Å². The summed E-state index contributed by atoms with van der Waals surface area (Å²) < 4.78 is 19.5. The highest BCUT2D eigenvalue weighted by Crippen LogP contribution is 2.19. The standard InChI is InChI=1S/C15H12FIO2/c1-19-15-7-4-11(9-13(15)16)14(18)8-10-2-5-12(17)6-3-10/h2-7,9H,8H2,1H3. The number of Topliss-reactive ketones (excluding diaryl/α,β-unsaturated/α-hetero) is 1. The molecule has 0 bridgehead atoms. The van der Waals surface area contributed by atoms with E-state index in [0.29, 0.717) is 5.56 Å². The average Bonchev–Trinajstić information content (AvgIpc) is 2.41. The van der Waals surface area contributed by atoms with Crippen LogP contribution in [-0.2, 0) is 6.42 Å². The molecule has 0 saturated heterocycles. The van der Waals surface area contributed by atoms with E-state index in [1.165, 1.54) is 19.2 Å². The van der Waals surface area contributed by atoms with Crippen LogP contribution in [0.3, 0.4) is 0 Å². The molecule has 0 aliphatic rings. The van der Waals surface area contributed by atoms with Crippen LogP contribution in [0.15, 0.2) is 42.5 Å². The molecule has 0 heterocycles. The fourth-order valence-electron chi connectivity index (χ4n) is 1.73.